The number of aromatic nitrogens is 3. The van der Waals surface area contributed by atoms with E-state index in [2.05, 4.69) is 41.6 Å². The summed E-state index contributed by atoms with van der Waals surface area (Å²) in [4.78, 5) is 25.7. The lowest BCUT2D eigenvalue weighted by atomic mass is 10.1. The molecule has 0 spiro atoms. The molecular formula is C42H44ClN7O. The molecule has 0 radical (unpaired) electrons. The van der Waals surface area contributed by atoms with Gasteiger partial charge in [-0.15, -0.1) is 0 Å². The quantitative estimate of drug-likeness (QED) is 0.102. The third-order valence-corrected chi connectivity index (χ3v) is 7.96. The minimum Gasteiger partial charge on any atom is -0.385 e. The van der Waals surface area contributed by atoms with E-state index in [9.17, 15) is 0 Å². The van der Waals surface area contributed by atoms with E-state index in [4.69, 9.17) is 36.1 Å². The summed E-state index contributed by atoms with van der Waals surface area (Å²) >= 11 is 5.86. The number of aryl methyl sites for hydroxylation is 6. The summed E-state index contributed by atoms with van der Waals surface area (Å²) in [5.74, 6) is 0.744. The topological polar surface area (TPSA) is 64.2 Å². The van der Waals surface area contributed by atoms with Crippen molar-refractivity contribution in [1.82, 2.24) is 15.0 Å². The third kappa shape index (κ3) is 13.7. The molecule has 5 rings (SSSR count). The zero-order chi connectivity index (χ0) is 37.0. The molecule has 3 aromatic heterocycles. The van der Waals surface area contributed by atoms with E-state index in [0.29, 0.717) is 23.7 Å². The van der Waals surface area contributed by atoms with Crippen molar-refractivity contribution in [3.05, 3.63) is 170 Å². The van der Waals surface area contributed by atoms with Crippen LogP contribution < -0.4 is 4.90 Å². The fourth-order valence-corrected chi connectivity index (χ4v) is 5.23. The molecular weight excluding hydrogens is 654 g/mol. The first-order valence-corrected chi connectivity index (χ1v) is 17.1. The van der Waals surface area contributed by atoms with Crippen LogP contribution in [0.15, 0.2) is 91.0 Å². The second-order valence-electron chi connectivity index (χ2n) is 11.9. The van der Waals surface area contributed by atoms with Crippen LogP contribution >= 0.6 is 11.6 Å². The van der Waals surface area contributed by atoms with Crippen LogP contribution in [0.3, 0.4) is 0 Å². The maximum absolute atomic E-state index is 7.19. The Bertz CT molecular complexity index is 1960. The van der Waals surface area contributed by atoms with Gasteiger partial charge in [0.05, 0.1) is 19.7 Å². The van der Waals surface area contributed by atoms with Gasteiger partial charge in [0.2, 0.25) is 17.1 Å². The highest BCUT2D eigenvalue weighted by atomic mass is 35.5. The molecule has 0 aliphatic carbocycles. The molecule has 0 fully saturated rings. The van der Waals surface area contributed by atoms with E-state index in [0.717, 1.165) is 78.0 Å². The number of halogens is 1. The highest BCUT2D eigenvalue weighted by molar-refractivity contribution is 6.30. The second-order valence-corrected chi connectivity index (χ2v) is 12.3. The Balaban J connectivity index is 0.000000209. The molecule has 8 nitrogen and oxygen atoms in total. The molecule has 0 aliphatic heterocycles. The molecule has 2 aromatic carbocycles. The van der Waals surface area contributed by atoms with Crippen LogP contribution in [0.25, 0.3) is 14.5 Å². The molecule has 9 heteroatoms. The number of benzene rings is 2. The number of anilines is 1. The van der Waals surface area contributed by atoms with Crippen LogP contribution in [0.1, 0.15) is 52.4 Å². The molecule has 0 saturated carbocycles. The van der Waals surface area contributed by atoms with Gasteiger partial charge in [-0.25, -0.2) is 19.5 Å². The molecule has 0 N–H and O–H groups in total. The molecule has 51 heavy (non-hydrogen) atoms. The minimum absolute atomic E-state index is 0.596. The Labute approximate surface area is 308 Å². The van der Waals surface area contributed by atoms with Gasteiger partial charge in [0.15, 0.2) is 0 Å². The highest BCUT2D eigenvalue weighted by Crippen LogP contribution is 2.27. The largest absolute Gasteiger partial charge is 0.385 e. The van der Waals surface area contributed by atoms with Crippen LogP contribution in [0.5, 0.6) is 0 Å². The van der Waals surface area contributed by atoms with Crippen LogP contribution in [0.2, 0.25) is 5.02 Å². The average Bonchev–Trinajstić information content (AvgIpc) is 3.14. The van der Waals surface area contributed by atoms with Gasteiger partial charge in [-0.2, -0.15) is 0 Å². The Morgan fingerprint density at radius 1 is 0.608 bits per heavy atom. The Hall–Kier alpha value is -5.59. The summed E-state index contributed by atoms with van der Waals surface area (Å²) in [7, 11) is 3.64. The molecule has 0 aliphatic rings. The lowest BCUT2D eigenvalue weighted by Crippen LogP contribution is -2.17. The first-order valence-electron chi connectivity index (χ1n) is 16.7. The SMILES string of the molecule is [C-]#[N+]c1ccc(C)nc1CCCOC.[C-]#[N+]c1ccc(C)nc1CCCc1ccc(Cl)cc1.[C-]#[N+]c1ccc(C)nc1N(C)Cc1ccccc1. The van der Waals surface area contributed by atoms with Gasteiger partial charge in [0.25, 0.3) is 0 Å². The first kappa shape index (κ1) is 39.8. The number of rotatable bonds is 11. The van der Waals surface area contributed by atoms with Gasteiger partial charge < -0.3 is 9.64 Å². The van der Waals surface area contributed by atoms with E-state index < -0.39 is 0 Å². The molecule has 3 heterocycles. The first-order chi connectivity index (χ1) is 24.7. The molecule has 0 atom stereocenters. The Morgan fingerprint density at radius 3 is 1.65 bits per heavy atom. The van der Waals surface area contributed by atoms with Gasteiger partial charge in [-0.3, -0.25) is 9.97 Å². The van der Waals surface area contributed by atoms with Crippen molar-refractivity contribution in [2.75, 3.05) is 25.7 Å². The van der Waals surface area contributed by atoms with E-state index in [1.807, 2.05) is 112 Å². The molecule has 5 aromatic rings. The van der Waals surface area contributed by atoms with Crippen LogP contribution in [0.4, 0.5) is 22.9 Å². The maximum Gasteiger partial charge on any atom is 0.228 e. The number of hydrogen-bond acceptors (Lipinski definition) is 5. The number of nitrogens with zero attached hydrogens (tertiary/aromatic N) is 7. The van der Waals surface area contributed by atoms with Crippen LogP contribution in [0, 0.1) is 40.5 Å². The zero-order valence-corrected chi connectivity index (χ0v) is 30.8. The molecule has 0 saturated heterocycles. The fourth-order valence-electron chi connectivity index (χ4n) is 5.11. The number of hydrogen-bond donors (Lipinski definition) is 0. The number of methoxy groups -OCH3 is 1. The van der Waals surface area contributed by atoms with Crippen molar-refractivity contribution >= 4 is 34.5 Å². The monoisotopic (exact) mass is 697 g/mol. The van der Waals surface area contributed by atoms with Gasteiger partial charge in [0.1, 0.15) is 5.82 Å². The summed E-state index contributed by atoms with van der Waals surface area (Å²) in [6.07, 6.45) is 4.52. The van der Waals surface area contributed by atoms with E-state index in [1.165, 1.54) is 11.1 Å². The zero-order valence-electron chi connectivity index (χ0n) is 30.0. The van der Waals surface area contributed by atoms with E-state index in [1.54, 1.807) is 7.11 Å². The molecule has 0 bridgehead atoms. The normalized spacial score (nSPS) is 9.94. The predicted molar refractivity (Wildman–Crippen MR) is 208 cm³/mol. The summed E-state index contributed by atoms with van der Waals surface area (Å²) in [6, 6.07) is 29.2. The van der Waals surface area contributed by atoms with Gasteiger partial charge in [-0.1, -0.05) is 90.5 Å². The summed E-state index contributed by atoms with van der Waals surface area (Å²) in [5.41, 5.74) is 9.05. The second kappa shape index (κ2) is 21.5. The van der Waals surface area contributed by atoms with Crippen molar-refractivity contribution in [1.29, 1.82) is 0 Å². The maximum atomic E-state index is 7.19. The van der Waals surface area contributed by atoms with Crippen molar-refractivity contribution in [2.24, 2.45) is 0 Å². The van der Waals surface area contributed by atoms with Gasteiger partial charge in [-0.05, 0) is 76.1 Å². The molecule has 0 amide bonds. The lowest BCUT2D eigenvalue weighted by Gasteiger charge is -2.20. The summed E-state index contributed by atoms with van der Waals surface area (Å²) in [5, 5.41) is 0.763. The van der Waals surface area contributed by atoms with Crippen molar-refractivity contribution in [3.63, 3.8) is 0 Å². The fraction of sp³-hybridized carbons (Fsp3) is 0.286. The molecule has 260 valence electrons. The third-order valence-electron chi connectivity index (χ3n) is 7.71. The van der Waals surface area contributed by atoms with Gasteiger partial charge in [0, 0.05) is 60.8 Å². The van der Waals surface area contributed by atoms with Crippen molar-refractivity contribution in [2.45, 2.75) is 59.4 Å². The summed E-state index contributed by atoms with van der Waals surface area (Å²) in [6.45, 7) is 28.6. The van der Waals surface area contributed by atoms with Crippen LogP contribution in [-0.2, 0) is 30.5 Å². The highest BCUT2D eigenvalue weighted by Gasteiger charge is 2.10. The lowest BCUT2D eigenvalue weighted by molar-refractivity contribution is 0.195. The Kier molecular flexibility index (Phi) is 16.8. The smallest absolute Gasteiger partial charge is 0.228 e. The predicted octanol–water partition coefficient (Wildman–Crippen LogP) is 10.9. The average molecular weight is 698 g/mol. The van der Waals surface area contributed by atoms with Gasteiger partial charge >= 0.3 is 0 Å². The standard InChI is InChI=1S/C16H15ClN2.C15H15N3.C11H14N2O/c1-12-6-11-15(18-2)16(19-12)5-3-4-13-7-9-14(17)10-8-13;1-12-9-10-14(16-2)15(17-12)18(3)11-13-7-5-4-6-8-13;1-9-6-7-10(12-2)11(13-9)5-4-8-14-3/h6-11H,3-5H2,1H3;4-10H,11H2,1,3H3;6-7H,4-5,8H2,1,3H3. The van der Waals surface area contributed by atoms with E-state index in [-0.39, 0.29) is 0 Å². The van der Waals surface area contributed by atoms with Crippen molar-refractivity contribution in [3.8, 4) is 0 Å². The molecule has 0 unspecified atom stereocenters. The number of pyridine rings is 3. The van der Waals surface area contributed by atoms with Crippen molar-refractivity contribution < 1.29 is 4.74 Å². The Morgan fingerprint density at radius 2 is 1.12 bits per heavy atom. The van der Waals surface area contributed by atoms with Crippen LogP contribution in [-0.4, -0.2) is 35.7 Å². The number of ether oxygens (including phenoxy) is 1. The summed E-state index contributed by atoms with van der Waals surface area (Å²) < 4.78 is 4.96. The van der Waals surface area contributed by atoms with E-state index >= 15 is 0 Å². The minimum atomic E-state index is 0.596.